The lowest BCUT2D eigenvalue weighted by Gasteiger charge is -2.31. The van der Waals surface area contributed by atoms with Crippen molar-refractivity contribution >= 4 is 5.97 Å². The van der Waals surface area contributed by atoms with Crippen molar-refractivity contribution in [2.24, 2.45) is 0 Å². The summed E-state index contributed by atoms with van der Waals surface area (Å²) in [5, 5.41) is 0. The van der Waals surface area contributed by atoms with Gasteiger partial charge < -0.3 is 14.2 Å². The van der Waals surface area contributed by atoms with E-state index in [-0.39, 0.29) is 12.0 Å². The number of aryl methyl sites for hydroxylation is 2. The van der Waals surface area contributed by atoms with Crippen LogP contribution in [0.5, 0.6) is 5.75 Å². The molecule has 0 saturated heterocycles. The van der Waals surface area contributed by atoms with Crippen molar-refractivity contribution in [3.63, 3.8) is 0 Å². The van der Waals surface area contributed by atoms with Crippen LogP contribution in [-0.2, 0) is 33.5 Å². The van der Waals surface area contributed by atoms with Gasteiger partial charge in [0, 0.05) is 25.5 Å². The second kappa shape index (κ2) is 16.8. The molecule has 0 fully saturated rings. The predicted octanol–water partition coefficient (Wildman–Crippen LogP) is 9.21. The molecule has 3 unspecified atom stereocenters. The summed E-state index contributed by atoms with van der Waals surface area (Å²) < 4.78 is 17.1. The fraction of sp³-hybridized carbons (Fsp3) is 0.311. The third kappa shape index (κ3) is 8.35. The molecular formula is C45H49NO4. The molecule has 5 aromatic rings. The maximum Gasteiger partial charge on any atom is 0.335 e. The Hall–Kier alpha value is -4.71. The summed E-state index contributed by atoms with van der Waals surface area (Å²) in [5.74, 6) is 0.806. The molecule has 0 spiro atoms. The molecular weight excluding hydrogens is 618 g/mol. The fourth-order valence-electron chi connectivity index (χ4n) is 7.14. The molecule has 6 rings (SSSR count). The number of fused-ring (bicyclic) bond motifs is 2. The summed E-state index contributed by atoms with van der Waals surface area (Å²) in [7, 11) is 2.21. The summed E-state index contributed by atoms with van der Waals surface area (Å²) in [6.07, 6.45) is 1.86. The van der Waals surface area contributed by atoms with E-state index in [1.54, 1.807) is 0 Å². The van der Waals surface area contributed by atoms with Crippen LogP contribution < -0.4 is 4.74 Å². The zero-order chi connectivity index (χ0) is 34.9. The lowest BCUT2D eigenvalue weighted by molar-refractivity contribution is -0.156. The predicted molar refractivity (Wildman–Crippen MR) is 202 cm³/mol. The lowest BCUT2D eigenvalue weighted by atomic mass is 9.87. The maximum absolute atomic E-state index is 12.3. The van der Waals surface area contributed by atoms with Gasteiger partial charge in [-0.3, -0.25) is 4.90 Å². The summed E-state index contributed by atoms with van der Waals surface area (Å²) in [5.41, 5.74) is 11.8. The molecule has 50 heavy (non-hydrogen) atoms. The number of hydrogen-bond donors (Lipinski definition) is 0. The van der Waals surface area contributed by atoms with Crippen LogP contribution in [0, 0.1) is 0 Å². The van der Waals surface area contributed by atoms with E-state index in [9.17, 15) is 4.79 Å². The largest absolute Gasteiger partial charge is 0.492 e. The van der Waals surface area contributed by atoms with Gasteiger partial charge in [0.25, 0.3) is 0 Å². The van der Waals surface area contributed by atoms with E-state index >= 15 is 0 Å². The molecule has 5 nitrogen and oxygen atoms in total. The molecule has 0 N–H and O–H groups in total. The van der Waals surface area contributed by atoms with Crippen LogP contribution in [0.2, 0.25) is 0 Å². The first kappa shape index (κ1) is 35.1. The van der Waals surface area contributed by atoms with Crippen molar-refractivity contribution in [2.45, 2.75) is 58.1 Å². The number of ether oxygens (including phenoxy) is 3. The summed E-state index contributed by atoms with van der Waals surface area (Å²) >= 11 is 0. The van der Waals surface area contributed by atoms with Crippen LogP contribution in [0.25, 0.3) is 11.1 Å². The first-order valence-electron chi connectivity index (χ1n) is 18.0. The average molecular weight is 668 g/mol. The van der Waals surface area contributed by atoms with Crippen LogP contribution in [0.4, 0.5) is 0 Å². The molecule has 258 valence electrons. The van der Waals surface area contributed by atoms with Crippen LogP contribution in [-0.4, -0.2) is 50.4 Å². The number of esters is 1. The number of nitrogens with zero attached hydrogens (tertiary/aromatic N) is 1. The normalized spacial score (nSPS) is 15.0. The second-order valence-corrected chi connectivity index (χ2v) is 13.1. The van der Waals surface area contributed by atoms with Gasteiger partial charge in [-0.1, -0.05) is 116 Å². The van der Waals surface area contributed by atoms with Crippen molar-refractivity contribution in [1.29, 1.82) is 0 Å². The molecule has 1 aliphatic carbocycles. The van der Waals surface area contributed by atoms with Gasteiger partial charge in [0.2, 0.25) is 0 Å². The number of likely N-dealkylation sites (N-methyl/N-ethyl adjacent to an activating group) is 1. The van der Waals surface area contributed by atoms with Gasteiger partial charge in [-0.05, 0) is 95.9 Å². The first-order chi connectivity index (χ1) is 24.4. The molecule has 0 aliphatic heterocycles. The van der Waals surface area contributed by atoms with Crippen molar-refractivity contribution in [2.75, 3.05) is 33.4 Å². The number of rotatable bonds is 14. The van der Waals surface area contributed by atoms with E-state index in [0.717, 1.165) is 30.7 Å². The molecule has 0 radical (unpaired) electrons. The Kier molecular flexibility index (Phi) is 11.8. The summed E-state index contributed by atoms with van der Waals surface area (Å²) in [6.45, 7) is 8.10. The molecule has 0 heterocycles. The van der Waals surface area contributed by atoms with Gasteiger partial charge in [0.15, 0.2) is 6.10 Å². The van der Waals surface area contributed by atoms with Crippen LogP contribution >= 0.6 is 0 Å². The topological polar surface area (TPSA) is 48.0 Å². The van der Waals surface area contributed by atoms with Crippen LogP contribution in [0.15, 0.2) is 121 Å². The Morgan fingerprint density at radius 2 is 1.40 bits per heavy atom. The molecule has 0 amide bonds. The standard InChI is InChI=1S/C45H49NO4/c1-5-48-43(45(47)49-6-2)29-33-17-23-40(24-18-33)50-28-27-46(4)44-41-25-21-36(32(3)34-13-9-7-10-14-34)30-38(41)19-20-39-31-37(22-26-42(39)44)35-15-11-8-12-16-35/h7-18,21-26,30-32,43-44H,5-6,19-20,27-29H2,1-4H3. The molecule has 5 heteroatoms. The highest BCUT2D eigenvalue weighted by atomic mass is 16.6. The maximum atomic E-state index is 12.3. The number of carbonyl (C=O) groups is 1. The van der Waals surface area contributed by atoms with Gasteiger partial charge in [-0.15, -0.1) is 0 Å². The smallest absolute Gasteiger partial charge is 0.335 e. The van der Waals surface area contributed by atoms with E-state index in [1.807, 2.05) is 38.1 Å². The zero-order valence-corrected chi connectivity index (χ0v) is 29.8. The second-order valence-electron chi connectivity index (χ2n) is 13.1. The van der Waals surface area contributed by atoms with E-state index < -0.39 is 6.10 Å². The Morgan fingerprint density at radius 3 is 2.08 bits per heavy atom. The minimum Gasteiger partial charge on any atom is -0.492 e. The Labute approximate surface area is 297 Å². The molecule has 1 aliphatic rings. The minimum atomic E-state index is -0.605. The number of hydrogen-bond acceptors (Lipinski definition) is 5. The minimum absolute atomic E-state index is 0.109. The van der Waals surface area contributed by atoms with Gasteiger partial charge in [-0.25, -0.2) is 4.79 Å². The molecule has 0 saturated carbocycles. The van der Waals surface area contributed by atoms with Crippen molar-refractivity contribution in [3.05, 3.63) is 160 Å². The lowest BCUT2D eigenvalue weighted by Crippen LogP contribution is -2.30. The summed E-state index contributed by atoms with van der Waals surface area (Å²) in [4.78, 5) is 14.8. The Balaban J connectivity index is 1.21. The quantitative estimate of drug-likeness (QED) is 0.111. The monoisotopic (exact) mass is 667 g/mol. The highest BCUT2D eigenvalue weighted by molar-refractivity contribution is 5.75. The van der Waals surface area contributed by atoms with E-state index in [1.165, 1.54) is 44.5 Å². The Morgan fingerprint density at radius 1 is 0.740 bits per heavy atom. The fourth-order valence-corrected chi connectivity index (χ4v) is 7.14. The highest BCUT2D eigenvalue weighted by Crippen LogP contribution is 2.39. The van der Waals surface area contributed by atoms with E-state index in [0.29, 0.717) is 32.2 Å². The van der Waals surface area contributed by atoms with E-state index in [2.05, 4.69) is 116 Å². The number of benzene rings is 5. The van der Waals surface area contributed by atoms with E-state index in [4.69, 9.17) is 14.2 Å². The van der Waals surface area contributed by atoms with Crippen LogP contribution in [0.3, 0.4) is 0 Å². The Bertz CT molecular complexity index is 1840. The molecule has 5 aromatic carbocycles. The molecule has 0 aromatic heterocycles. The molecule has 0 bridgehead atoms. The van der Waals surface area contributed by atoms with Gasteiger partial charge in [0.05, 0.1) is 12.6 Å². The average Bonchev–Trinajstić information content (AvgIpc) is 3.32. The van der Waals surface area contributed by atoms with Crippen molar-refractivity contribution in [3.8, 4) is 16.9 Å². The van der Waals surface area contributed by atoms with Gasteiger partial charge in [-0.2, -0.15) is 0 Å². The third-order valence-electron chi connectivity index (χ3n) is 9.88. The van der Waals surface area contributed by atoms with Crippen molar-refractivity contribution < 1.29 is 19.0 Å². The van der Waals surface area contributed by atoms with Gasteiger partial charge >= 0.3 is 5.97 Å². The molecule has 3 atom stereocenters. The van der Waals surface area contributed by atoms with Crippen molar-refractivity contribution in [1.82, 2.24) is 4.90 Å². The highest BCUT2D eigenvalue weighted by Gasteiger charge is 2.28. The third-order valence-corrected chi connectivity index (χ3v) is 9.88. The summed E-state index contributed by atoms with van der Waals surface area (Å²) in [6, 6.07) is 43.7. The zero-order valence-electron chi connectivity index (χ0n) is 29.8. The van der Waals surface area contributed by atoms with Gasteiger partial charge in [0.1, 0.15) is 12.4 Å². The van der Waals surface area contributed by atoms with Crippen LogP contribution in [0.1, 0.15) is 71.7 Å². The first-order valence-corrected chi connectivity index (χ1v) is 18.0. The number of carbonyl (C=O) groups excluding carboxylic acids is 1. The SMILES string of the molecule is CCOC(=O)C(Cc1ccc(OCCN(C)C2c3ccc(-c4ccccc4)cc3CCc3cc(C(C)c4ccccc4)ccc32)cc1)OCC.